The van der Waals surface area contributed by atoms with E-state index in [-0.39, 0.29) is 28.5 Å². The van der Waals surface area contributed by atoms with E-state index in [4.69, 9.17) is 4.74 Å². The molecular weight excluding hydrogens is 396 g/mol. The van der Waals surface area contributed by atoms with Crippen molar-refractivity contribution in [2.24, 2.45) is 5.92 Å². The monoisotopic (exact) mass is 426 g/mol. The van der Waals surface area contributed by atoms with Gasteiger partial charge < -0.3 is 19.9 Å². The lowest BCUT2D eigenvalue weighted by Gasteiger charge is -2.33. The third-order valence-electron chi connectivity index (χ3n) is 5.88. The van der Waals surface area contributed by atoms with Crippen LogP contribution in [0.4, 0.5) is 11.4 Å². The molecule has 0 aromatic heterocycles. The number of anilines is 1. The highest BCUT2D eigenvalue weighted by Gasteiger charge is 2.29. The fraction of sp³-hybridized carbons (Fsp3) is 0.435. The molecule has 1 atom stereocenters. The Morgan fingerprint density at radius 1 is 1.19 bits per heavy atom. The van der Waals surface area contributed by atoms with Crippen molar-refractivity contribution in [3.63, 3.8) is 0 Å². The molecule has 1 aliphatic heterocycles. The Bertz CT molecular complexity index is 910. The number of nitrogens with one attached hydrogen (secondary N) is 1. The molecule has 1 amide bonds. The number of carbonyl (C=O) groups excluding carboxylic acids is 1. The summed E-state index contributed by atoms with van der Waals surface area (Å²) in [4.78, 5) is 27.9. The lowest BCUT2D eigenvalue weighted by atomic mass is 9.95. The number of nitro groups is 1. The Morgan fingerprint density at radius 3 is 2.48 bits per heavy atom. The van der Waals surface area contributed by atoms with Gasteiger partial charge in [0.05, 0.1) is 18.1 Å². The molecule has 166 valence electrons. The van der Waals surface area contributed by atoms with Gasteiger partial charge in [-0.15, -0.1) is 0 Å². The Hall–Kier alpha value is -3.13. The zero-order chi connectivity index (χ0) is 22.4. The summed E-state index contributed by atoms with van der Waals surface area (Å²) in [5.41, 5.74) is 1.76. The molecule has 1 saturated heterocycles. The smallest absolute Gasteiger partial charge is 0.292 e. The Labute approximate surface area is 182 Å². The molecule has 0 saturated carbocycles. The summed E-state index contributed by atoms with van der Waals surface area (Å²) in [5, 5.41) is 14.4. The first-order chi connectivity index (χ1) is 14.9. The minimum Gasteiger partial charge on any atom is -0.496 e. The maximum Gasteiger partial charge on any atom is 0.292 e. The minimum atomic E-state index is -0.354. The summed E-state index contributed by atoms with van der Waals surface area (Å²) in [5.74, 6) is 0.733. The van der Waals surface area contributed by atoms with Gasteiger partial charge in [-0.2, -0.15) is 0 Å². The molecule has 8 heteroatoms. The van der Waals surface area contributed by atoms with Crippen LogP contribution in [0.3, 0.4) is 0 Å². The van der Waals surface area contributed by atoms with Gasteiger partial charge in [0.15, 0.2) is 0 Å². The molecule has 2 aromatic carbocycles. The highest BCUT2D eigenvalue weighted by molar-refractivity contribution is 5.79. The molecule has 8 nitrogen and oxygen atoms in total. The number of ether oxygens (including phenoxy) is 1. The summed E-state index contributed by atoms with van der Waals surface area (Å²) in [6.07, 6.45) is 1.33. The van der Waals surface area contributed by atoms with Crippen LogP contribution in [-0.4, -0.2) is 56.6 Å². The predicted molar refractivity (Wildman–Crippen MR) is 120 cm³/mol. The third-order valence-corrected chi connectivity index (χ3v) is 5.88. The number of rotatable bonds is 8. The van der Waals surface area contributed by atoms with Crippen LogP contribution in [0.25, 0.3) is 0 Å². The average Bonchev–Trinajstić information content (AvgIpc) is 2.79. The van der Waals surface area contributed by atoms with Crippen LogP contribution in [0.2, 0.25) is 0 Å². The molecule has 0 aliphatic carbocycles. The number of para-hydroxylation sites is 3. The first-order valence-corrected chi connectivity index (χ1v) is 10.5. The van der Waals surface area contributed by atoms with Crippen molar-refractivity contribution in [2.45, 2.75) is 18.9 Å². The molecule has 0 spiro atoms. The van der Waals surface area contributed by atoms with Crippen LogP contribution in [0, 0.1) is 16.0 Å². The molecule has 1 unspecified atom stereocenters. The van der Waals surface area contributed by atoms with Crippen molar-refractivity contribution in [1.29, 1.82) is 0 Å². The summed E-state index contributed by atoms with van der Waals surface area (Å²) >= 11 is 0. The van der Waals surface area contributed by atoms with Crippen molar-refractivity contribution in [3.05, 3.63) is 64.2 Å². The first-order valence-electron chi connectivity index (χ1n) is 10.5. The molecule has 31 heavy (non-hydrogen) atoms. The van der Waals surface area contributed by atoms with E-state index in [9.17, 15) is 14.9 Å². The quantitative estimate of drug-likeness (QED) is 0.515. The maximum atomic E-state index is 12.8. The molecule has 0 radical (unpaired) electrons. The molecule has 1 aliphatic rings. The maximum absolute atomic E-state index is 12.8. The van der Waals surface area contributed by atoms with E-state index in [0.29, 0.717) is 38.2 Å². The number of hydrogen-bond donors (Lipinski definition) is 1. The third kappa shape index (κ3) is 5.32. The molecule has 1 fully saturated rings. The van der Waals surface area contributed by atoms with Gasteiger partial charge in [-0.1, -0.05) is 30.3 Å². The second kappa shape index (κ2) is 10.3. The molecule has 1 N–H and O–H groups in total. The Kier molecular flexibility index (Phi) is 7.46. The number of benzene rings is 2. The van der Waals surface area contributed by atoms with Gasteiger partial charge in [-0.25, -0.2) is 0 Å². The van der Waals surface area contributed by atoms with Gasteiger partial charge in [0.25, 0.3) is 5.69 Å². The molecule has 2 aromatic rings. The van der Waals surface area contributed by atoms with Gasteiger partial charge in [0, 0.05) is 37.2 Å². The minimum absolute atomic E-state index is 0.00726. The molecule has 0 bridgehead atoms. The average molecular weight is 427 g/mol. The number of methoxy groups -OCH3 is 1. The van der Waals surface area contributed by atoms with Crippen molar-refractivity contribution < 1.29 is 14.5 Å². The standard InChI is InChI=1S/C23H30N4O4/c1-25(2)21(18-8-4-7-11-22(18)31-3)16-24-23(28)17-12-14-26(15-13-17)19-9-5-6-10-20(19)27(29)30/h4-11,17,21H,12-16H2,1-3H3,(H,24,28). The van der Waals surface area contributed by atoms with Crippen molar-refractivity contribution in [1.82, 2.24) is 10.2 Å². The summed E-state index contributed by atoms with van der Waals surface area (Å²) < 4.78 is 5.49. The van der Waals surface area contributed by atoms with Gasteiger partial charge in [0.2, 0.25) is 5.91 Å². The summed E-state index contributed by atoms with van der Waals surface area (Å²) in [6, 6.07) is 14.6. The van der Waals surface area contributed by atoms with Gasteiger partial charge in [-0.05, 0) is 39.1 Å². The lowest BCUT2D eigenvalue weighted by molar-refractivity contribution is -0.384. The van der Waals surface area contributed by atoms with Crippen LogP contribution < -0.4 is 15.0 Å². The number of hydrogen-bond acceptors (Lipinski definition) is 6. The molecule has 3 rings (SSSR count). The normalized spacial score (nSPS) is 15.5. The zero-order valence-electron chi connectivity index (χ0n) is 18.3. The lowest BCUT2D eigenvalue weighted by Crippen LogP contribution is -2.43. The highest BCUT2D eigenvalue weighted by atomic mass is 16.6. The number of nitro benzene ring substituents is 1. The van der Waals surface area contributed by atoms with Crippen LogP contribution in [0.15, 0.2) is 48.5 Å². The SMILES string of the molecule is COc1ccccc1C(CNC(=O)C1CCN(c2ccccc2[N+](=O)[O-])CC1)N(C)C. The second-order valence-corrected chi connectivity index (χ2v) is 7.97. The highest BCUT2D eigenvalue weighted by Crippen LogP contribution is 2.31. The van der Waals surface area contributed by atoms with Gasteiger partial charge in [0.1, 0.15) is 11.4 Å². The van der Waals surface area contributed by atoms with E-state index in [0.717, 1.165) is 11.3 Å². The van der Waals surface area contributed by atoms with E-state index >= 15 is 0 Å². The topological polar surface area (TPSA) is 87.9 Å². The van der Waals surface area contributed by atoms with E-state index in [2.05, 4.69) is 10.2 Å². The van der Waals surface area contributed by atoms with Crippen molar-refractivity contribution >= 4 is 17.3 Å². The summed E-state index contributed by atoms with van der Waals surface area (Å²) in [7, 11) is 5.61. The van der Waals surface area contributed by atoms with E-state index in [1.165, 1.54) is 6.07 Å². The van der Waals surface area contributed by atoms with Crippen LogP contribution >= 0.6 is 0 Å². The Morgan fingerprint density at radius 2 is 1.84 bits per heavy atom. The second-order valence-electron chi connectivity index (χ2n) is 7.97. The summed E-state index contributed by atoms with van der Waals surface area (Å²) in [6.45, 7) is 1.72. The van der Waals surface area contributed by atoms with Gasteiger partial charge in [-0.3, -0.25) is 14.9 Å². The van der Waals surface area contributed by atoms with Crippen LogP contribution in [0.1, 0.15) is 24.4 Å². The largest absolute Gasteiger partial charge is 0.496 e. The van der Waals surface area contributed by atoms with E-state index in [1.54, 1.807) is 25.3 Å². The fourth-order valence-electron chi connectivity index (χ4n) is 4.12. The first kappa shape index (κ1) is 22.6. The number of piperidine rings is 1. The van der Waals surface area contributed by atoms with E-state index in [1.807, 2.05) is 43.3 Å². The van der Waals surface area contributed by atoms with Gasteiger partial charge >= 0.3 is 0 Å². The Balaban J connectivity index is 1.59. The van der Waals surface area contributed by atoms with Crippen molar-refractivity contribution in [3.8, 4) is 5.75 Å². The number of likely N-dealkylation sites (N-methyl/N-ethyl adjacent to an activating group) is 1. The van der Waals surface area contributed by atoms with E-state index < -0.39 is 0 Å². The molecular formula is C23H30N4O4. The van der Waals surface area contributed by atoms with Crippen molar-refractivity contribution in [2.75, 3.05) is 45.7 Å². The number of amides is 1. The number of carbonyl (C=O) groups is 1. The predicted octanol–water partition coefficient (Wildman–Crippen LogP) is 3.24. The van der Waals surface area contributed by atoms with Crippen LogP contribution in [0.5, 0.6) is 5.75 Å². The fourth-order valence-corrected chi connectivity index (χ4v) is 4.12. The molecule has 1 heterocycles. The number of nitrogens with zero attached hydrogens (tertiary/aromatic N) is 3. The zero-order valence-corrected chi connectivity index (χ0v) is 18.3. The van der Waals surface area contributed by atoms with Crippen LogP contribution in [-0.2, 0) is 4.79 Å².